The lowest BCUT2D eigenvalue weighted by Crippen LogP contribution is -2.14. The van der Waals surface area contributed by atoms with Gasteiger partial charge in [0.15, 0.2) is 6.29 Å². The normalized spacial score (nSPS) is 9.76. The standard InChI is InChI=1S/C12H11NO3S.2C2H6/c1-10-4-6-12(7-5-10)17(15,16)13-8-2-3-11(13)9-14;2*1-2/h2-9H,1H3;2*1-2H3. The molecule has 0 fully saturated rings. The van der Waals surface area contributed by atoms with Crippen molar-refractivity contribution >= 4 is 16.3 Å². The van der Waals surface area contributed by atoms with E-state index in [0.29, 0.717) is 6.29 Å². The van der Waals surface area contributed by atoms with Gasteiger partial charge in [-0.05, 0) is 31.2 Å². The summed E-state index contributed by atoms with van der Waals surface area (Å²) in [5.41, 5.74) is 1.10. The molecule has 1 aromatic heterocycles. The van der Waals surface area contributed by atoms with Crippen molar-refractivity contribution in [2.75, 3.05) is 0 Å². The summed E-state index contributed by atoms with van der Waals surface area (Å²) in [5, 5.41) is 0. The van der Waals surface area contributed by atoms with Gasteiger partial charge in [-0.2, -0.15) is 0 Å². The van der Waals surface area contributed by atoms with Crippen LogP contribution in [-0.4, -0.2) is 18.7 Å². The molecule has 4 nitrogen and oxygen atoms in total. The maximum absolute atomic E-state index is 12.2. The average molecular weight is 309 g/mol. The molecule has 2 rings (SSSR count). The van der Waals surface area contributed by atoms with Crippen LogP contribution >= 0.6 is 0 Å². The van der Waals surface area contributed by atoms with Gasteiger partial charge in [-0.1, -0.05) is 45.4 Å². The lowest BCUT2D eigenvalue weighted by Gasteiger charge is -2.07. The van der Waals surface area contributed by atoms with Crippen LogP contribution in [-0.2, 0) is 10.0 Å². The van der Waals surface area contributed by atoms with E-state index in [4.69, 9.17) is 0 Å². The molecule has 116 valence electrons. The maximum atomic E-state index is 12.2. The Balaban J connectivity index is 0.000000921. The molecule has 0 aliphatic rings. The SMILES string of the molecule is CC.CC.Cc1ccc(S(=O)(=O)n2cccc2C=O)cc1. The van der Waals surface area contributed by atoms with Crippen LogP contribution in [0.1, 0.15) is 43.7 Å². The third-order valence-electron chi connectivity index (χ3n) is 2.44. The minimum absolute atomic E-state index is 0.116. The molecule has 0 N–H and O–H groups in total. The number of carbonyl (C=O) groups is 1. The van der Waals surface area contributed by atoms with Crippen LogP contribution in [0, 0.1) is 6.92 Å². The van der Waals surface area contributed by atoms with Gasteiger partial charge < -0.3 is 0 Å². The van der Waals surface area contributed by atoms with Gasteiger partial charge in [0, 0.05) is 6.20 Å². The molecule has 5 heteroatoms. The zero-order valence-corrected chi connectivity index (χ0v) is 14.0. The monoisotopic (exact) mass is 309 g/mol. The molecule has 2 aromatic rings. The van der Waals surface area contributed by atoms with Gasteiger partial charge in [0.1, 0.15) is 0 Å². The number of rotatable bonds is 3. The average Bonchev–Trinajstić information content (AvgIpc) is 3.01. The van der Waals surface area contributed by atoms with Crippen LogP contribution < -0.4 is 0 Å². The summed E-state index contributed by atoms with van der Waals surface area (Å²) in [6.45, 7) is 9.88. The van der Waals surface area contributed by atoms with E-state index in [-0.39, 0.29) is 10.6 Å². The van der Waals surface area contributed by atoms with Gasteiger partial charge in [0.05, 0.1) is 10.6 Å². The van der Waals surface area contributed by atoms with E-state index in [1.54, 1.807) is 12.1 Å². The second-order valence-corrected chi connectivity index (χ2v) is 5.48. The molecule has 0 bridgehead atoms. The second-order valence-electron chi connectivity index (χ2n) is 3.66. The molecule has 0 amide bonds. The lowest BCUT2D eigenvalue weighted by molar-refractivity contribution is 0.111. The largest absolute Gasteiger partial charge is 0.296 e. The van der Waals surface area contributed by atoms with Gasteiger partial charge >= 0.3 is 0 Å². The van der Waals surface area contributed by atoms with Crippen molar-refractivity contribution in [2.24, 2.45) is 0 Å². The quantitative estimate of drug-likeness (QED) is 0.808. The number of hydrogen-bond donors (Lipinski definition) is 0. The van der Waals surface area contributed by atoms with Crippen molar-refractivity contribution in [3.05, 3.63) is 53.9 Å². The van der Waals surface area contributed by atoms with Crippen LogP contribution in [0.25, 0.3) is 0 Å². The van der Waals surface area contributed by atoms with E-state index in [1.165, 1.54) is 30.5 Å². The van der Waals surface area contributed by atoms with Gasteiger partial charge in [-0.15, -0.1) is 0 Å². The summed E-state index contributed by atoms with van der Waals surface area (Å²) in [7, 11) is -3.67. The minimum atomic E-state index is -3.67. The lowest BCUT2D eigenvalue weighted by atomic mass is 10.2. The van der Waals surface area contributed by atoms with Gasteiger partial charge in [-0.3, -0.25) is 4.79 Å². The predicted molar refractivity (Wildman–Crippen MR) is 86.3 cm³/mol. The molecule has 0 atom stereocenters. The maximum Gasteiger partial charge on any atom is 0.268 e. The summed E-state index contributed by atoms with van der Waals surface area (Å²) in [4.78, 5) is 10.9. The molecule has 0 saturated heterocycles. The Kier molecular flexibility index (Phi) is 8.31. The first-order chi connectivity index (χ1) is 10.1. The van der Waals surface area contributed by atoms with Crippen molar-refractivity contribution in [3.63, 3.8) is 0 Å². The fourth-order valence-electron chi connectivity index (χ4n) is 1.51. The fraction of sp³-hybridized carbons (Fsp3) is 0.312. The molecule has 0 spiro atoms. The van der Waals surface area contributed by atoms with E-state index in [1.807, 2.05) is 34.6 Å². The molecule has 21 heavy (non-hydrogen) atoms. The first-order valence-electron chi connectivity index (χ1n) is 7.00. The zero-order chi connectivity index (χ0) is 16.5. The topological polar surface area (TPSA) is 56.1 Å². The molecular formula is C16H23NO3S. The Morgan fingerprint density at radius 2 is 1.48 bits per heavy atom. The van der Waals surface area contributed by atoms with Crippen LogP contribution in [0.2, 0.25) is 0 Å². The summed E-state index contributed by atoms with van der Waals surface area (Å²) in [5.74, 6) is 0. The molecule has 1 heterocycles. The Morgan fingerprint density at radius 1 is 0.952 bits per heavy atom. The number of benzene rings is 1. The summed E-state index contributed by atoms with van der Waals surface area (Å²) >= 11 is 0. The second kappa shape index (κ2) is 9.13. The first-order valence-corrected chi connectivity index (χ1v) is 8.44. The first kappa shape index (κ1) is 19.1. The van der Waals surface area contributed by atoms with Crippen molar-refractivity contribution in [3.8, 4) is 0 Å². The molecule has 0 saturated carbocycles. The van der Waals surface area contributed by atoms with Crippen LogP contribution in [0.5, 0.6) is 0 Å². The highest BCUT2D eigenvalue weighted by molar-refractivity contribution is 7.90. The van der Waals surface area contributed by atoms with E-state index < -0.39 is 10.0 Å². The summed E-state index contributed by atoms with van der Waals surface area (Å²) in [6.07, 6.45) is 1.88. The van der Waals surface area contributed by atoms with Crippen LogP contribution in [0.4, 0.5) is 0 Å². The third-order valence-corrected chi connectivity index (χ3v) is 4.16. The number of hydrogen-bond acceptors (Lipinski definition) is 3. The smallest absolute Gasteiger partial charge is 0.268 e. The van der Waals surface area contributed by atoms with Crippen molar-refractivity contribution in [1.29, 1.82) is 0 Å². The number of aromatic nitrogens is 1. The Morgan fingerprint density at radius 3 is 1.95 bits per heavy atom. The highest BCUT2D eigenvalue weighted by atomic mass is 32.2. The molecular weight excluding hydrogens is 286 g/mol. The Labute approximate surface area is 127 Å². The van der Waals surface area contributed by atoms with Crippen LogP contribution in [0.15, 0.2) is 47.5 Å². The minimum Gasteiger partial charge on any atom is -0.296 e. The van der Waals surface area contributed by atoms with Crippen molar-refractivity contribution in [2.45, 2.75) is 39.5 Å². The fourth-order valence-corrected chi connectivity index (χ4v) is 2.83. The van der Waals surface area contributed by atoms with Crippen LogP contribution in [0.3, 0.4) is 0 Å². The van der Waals surface area contributed by atoms with Gasteiger partial charge in [0.2, 0.25) is 0 Å². The third kappa shape index (κ3) is 4.56. The molecule has 1 aromatic carbocycles. The summed E-state index contributed by atoms with van der Waals surface area (Å²) in [6, 6.07) is 9.47. The highest BCUT2D eigenvalue weighted by Crippen LogP contribution is 2.16. The molecule has 0 aliphatic heterocycles. The zero-order valence-electron chi connectivity index (χ0n) is 13.2. The Hall–Kier alpha value is -1.88. The number of carbonyl (C=O) groups excluding carboxylic acids is 1. The molecule has 0 radical (unpaired) electrons. The Bertz CT molecular complexity index is 640. The van der Waals surface area contributed by atoms with Gasteiger partial charge in [-0.25, -0.2) is 12.4 Å². The van der Waals surface area contributed by atoms with E-state index in [9.17, 15) is 13.2 Å². The number of nitrogens with zero attached hydrogens (tertiary/aromatic N) is 1. The number of aryl methyl sites for hydroxylation is 1. The van der Waals surface area contributed by atoms with E-state index >= 15 is 0 Å². The van der Waals surface area contributed by atoms with E-state index in [0.717, 1.165) is 9.54 Å². The highest BCUT2D eigenvalue weighted by Gasteiger charge is 2.18. The number of aldehydes is 1. The predicted octanol–water partition coefficient (Wildman–Crippen LogP) is 3.90. The van der Waals surface area contributed by atoms with Crippen molar-refractivity contribution < 1.29 is 13.2 Å². The molecule has 0 unspecified atom stereocenters. The molecule has 0 aliphatic carbocycles. The summed E-state index contributed by atoms with van der Waals surface area (Å²) < 4.78 is 25.4. The van der Waals surface area contributed by atoms with E-state index in [2.05, 4.69) is 0 Å². The van der Waals surface area contributed by atoms with Gasteiger partial charge in [0.25, 0.3) is 10.0 Å². The van der Waals surface area contributed by atoms with Crippen molar-refractivity contribution in [1.82, 2.24) is 3.97 Å².